The number of carbonyl (C=O) groups excluding carboxylic acids is 1. The fourth-order valence-corrected chi connectivity index (χ4v) is 2.64. The number of ether oxygens (including phenoxy) is 2. The number of nitrogens with one attached hydrogen (secondary N) is 1. The number of methoxy groups -OCH3 is 1. The predicted octanol–water partition coefficient (Wildman–Crippen LogP) is 3.81. The van der Waals surface area contributed by atoms with Crippen LogP contribution < -0.4 is 15.8 Å². The van der Waals surface area contributed by atoms with Crippen molar-refractivity contribution in [3.05, 3.63) is 23.8 Å². The zero-order valence-electron chi connectivity index (χ0n) is 14.9. The van der Waals surface area contributed by atoms with E-state index in [0.29, 0.717) is 11.4 Å². The molecule has 0 bridgehead atoms. The summed E-state index contributed by atoms with van der Waals surface area (Å²) in [5.74, 6) is 0.602. The highest BCUT2D eigenvalue weighted by atomic mass is 16.6. The summed E-state index contributed by atoms with van der Waals surface area (Å²) < 4.78 is 10.7. The van der Waals surface area contributed by atoms with Gasteiger partial charge >= 0.3 is 6.09 Å². The second-order valence-electron chi connectivity index (χ2n) is 7.82. The minimum Gasteiger partial charge on any atom is -0.495 e. The Morgan fingerprint density at radius 1 is 1.22 bits per heavy atom. The minimum atomic E-state index is -0.544. The molecule has 1 aliphatic rings. The van der Waals surface area contributed by atoms with Crippen LogP contribution in [-0.4, -0.2) is 24.3 Å². The molecule has 0 saturated heterocycles. The Morgan fingerprint density at radius 3 is 2.30 bits per heavy atom. The van der Waals surface area contributed by atoms with Gasteiger partial charge in [-0.25, -0.2) is 4.79 Å². The Labute approximate surface area is 138 Å². The van der Waals surface area contributed by atoms with Crippen LogP contribution in [0.1, 0.15) is 53.0 Å². The van der Waals surface area contributed by atoms with Gasteiger partial charge in [-0.3, -0.25) is 5.32 Å². The molecule has 0 aliphatic heterocycles. The van der Waals surface area contributed by atoms with E-state index in [1.165, 1.54) is 0 Å². The van der Waals surface area contributed by atoms with Gasteiger partial charge in [-0.1, -0.05) is 19.9 Å². The monoisotopic (exact) mass is 320 g/mol. The molecule has 3 N–H and O–H groups in total. The number of amides is 1. The average Bonchev–Trinajstić information content (AvgIpc) is 3.16. The summed E-state index contributed by atoms with van der Waals surface area (Å²) in [4.78, 5) is 11.9. The fourth-order valence-electron chi connectivity index (χ4n) is 2.64. The van der Waals surface area contributed by atoms with E-state index in [0.717, 1.165) is 18.4 Å². The number of anilines is 1. The van der Waals surface area contributed by atoms with Gasteiger partial charge in [0.25, 0.3) is 0 Å². The highest BCUT2D eigenvalue weighted by molar-refractivity contribution is 5.87. The largest absolute Gasteiger partial charge is 0.495 e. The SMILES string of the molecule is COc1cc(C(C)(C)C2(N)CC2)ccc1NC(=O)OC(C)(C)C. The molecule has 1 fully saturated rings. The zero-order valence-corrected chi connectivity index (χ0v) is 14.9. The highest BCUT2D eigenvalue weighted by Crippen LogP contribution is 2.50. The molecule has 1 amide bonds. The van der Waals surface area contributed by atoms with Gasteiger partial charge in [0.05, 0.1) is 12.8 Å². The van der Waals surface area contributed by atoms with Crippen LogP contribution in [0, 0.1) is 0 Å². The van der Waals surface area contributed by atoms with E-state index in [2.05, 4.69) is 19.2 Å². The van der Waals surface area contributed by atoms with E-state index < -0.39 is 11.7 Å². The van der Waals surface area contributed by atoms with Gasteiger partial charge in [0, 0.05) is 11.0 Å². The van der Waals surface area contributed by atoms with Gasteiger partial charge in [0.2, 0.25) is 0 Å². The Bertz CT molecular complexity index is 599. The number of benzene rings is 1. The van der Waals surface area contributed by atoms with Crippen LogP contribution in [0.5, 0.6) is 5.75 Å². The molecule has 1 aromatic rings. The van der Waals surface area contributed by atoms with Crippen LogP contribution in [0.2, 0.25) is 0 Å². The first-order valence-corrected chi connectivity index (χ1v) is 7.96. The van der Waals surface area contributed by atoms with Gasteiger partial charge in [-0.15, -0.1) is 0 Å². The lowest BCUT2D eigenvalue weighted by Crippen LogP contribution is -2.43. The summed E-state index contributed by atoms with van der Waals surface area (Å²) in [5, 5.41) is 2.73. The molecule has 1 saturated carbocycles. The topological polar surface area (TPSA) is 73.6 Å². The Balaban J connectivity index is 2.22. The molecular weight excluding hydrogens is 292 g/mol. The molecule has 0 atom stereocenters. The van der Waals surface area contributed by atoms with Crippen LogP contribution in [0.25, 0.3) is 0 Å². The standard InChI is InChI=1S/C18H28N2O3/c1-16(2,3)23-15(21)20-13-8-7-12(11-14(13)22-6)17(4,5)18(19)9-10-18/h7-8,11H,9-10,19H2,1-6H3,(H,20,21). The first-order chi connectivity index (χ1) is 10.5. The van der Waals surface area contributed by atoms with E-state index in [9.17, 15) is 4.79 Å². The van der Waals surface area contributed by atoms with Crippen molar-refractivity contribution >= 4 is 11.8 Å². The van der Waals surface area contributed by atoms with Crippen LogP contribution in [0.3, 0.4) is 0 Å². The van der Waals surface area contributed by atoms with Crippen molar-refractivity contribution in [2.45, 2.75) is 64.0 Å². The van der Waals surface area contributed by atoms with E-state index >= 15 is 0 Å². The maximum absolute atomic E-state index is 11.9. The molecule has 0 unspecified atom stereocenters. The summed E-state index contributed by atoms with van der Waals surface area (Å²) in [6.45, 7) is 9.77. The van der Waals surface area contributed by atoms with Crippen molar-refractivity contribution in [1.29, 1.82) is 0 Å². The van der Waals surface area contributed by atoms with Gasteiger partial charge in [-0.05, 0) is 51.3 Å². The number of rotatable bonds is 4. The normalized spacial score (nSPS) is 16.7. The Morgan fingerprint density at radius 2 is 1.83 bits per heavy atom. The third kappa shape index (κ3) is 3.78. The van der Waals surface area contributed by atoms with Crippen LogP contribution in [-0.2, 0) is 10.2 Å². The van der Waals surface area contributed by atoms with Crippen molar-refractivity contribution in [2.75, 3.05) is 12.4 Å². The van der Waals surface area contributed by atoms with Crippen molar-refractivity contribution in [1.82, 2.24) is 0 Å². The molecule has 0 aromatic heterocycles. The average molecular weight is 320 g/mol. The third-order valence-electron chi connectivity index (χ3n) is 4.59. The van der Waals surface area contributed by atoms with Crippen LogP contribution >= 0.6 is 0 Å². The van der Waals surface area contributed by atoms with Gasteiger partial charge in [-0.2, -0.15) is 0 Å². The van der Waals surface area contributed by atoms with E-state index in [1.807, 2.05) is 39.0 Å². The quantitative estimate of drug-likeness (QED) is 0.884. The molecule has 5 nitrogen and oxygen atoms in total. The molecule has 0 radical (unpaired) electrons. The van der Waals surface area contributed by atoms with Gasteiger partial charge in [0.1, 0.15) is 11.4 Å². The molecule has 5 heteroatoms. The number of hydrogen-bond donors (Lipinski definition) is 2. The van der Waals surface area contributed by atoms with E-state index in [-0.39, 0.29) is 11.0 Å². The summed E-state index contributed by atoms with van der Waals surface area (Å²) in [5.41, 5.74) is 7.25. The van der Waals surface area contributed by atoms with Crippen LogP contribution in [0.4, 0.5) is 10.5 Å². The lowest BCUT2D eigenvalue weighted by atomic mass is 9.76. The molecule has 1 aromatic carbocycles. The van der Waals surface area contributed by atoms with E-state index in [1.54, 1.807) is 7.11 Å². The second kappa shape index (κ2) is 5.71. The third-order valence-corrected chi connectivity index (χ3v) is 4.59. The predicted molar refractivity (Wildman–Crippen MR) is 92.0 cm³/mol. The second-order valence-corrected chi connectivity index (χ2v) is 7.82. The number of carbonyl (C=O) groups is 1. The van der Waals surface area contributed by atoms with E-state index in [4.69, 9.17) is 15.2 Å². The molecular formula is C18H28N2O3. The fraction of sp³-hybridized carbons (Fsp3) is 0.611. The number of nitrogens with two attached hydrogens (primary N) is 1. The maximum atomic E-state index is 11.9. The molecule has 0 heterocycles. The molecule has 1 aliphatic carbocycles. The first kappa shape index (κ1) is 17.6. The molecule has 23 heavy (non-hydrogen) atoms. The van der Waals surface area contributed by atoms with Crippen molar-refractivity contribution in [3.8, 4) is 5.75 Å². The number of hydrogen-bond acceptors (Lipinski definition) is 4. The summed E-state index contributed by atoms with van der Waals surface area (Å²) in [6, 6.07) is 5.77. The molecule has 0 spiro atoms. The Kier molecular flexibility index (Phi) is 4.37. The highest BCUT2D eigenvalue weighted by Gasteiger charge is 2.51. The molecule has 2 rings (SSSR count). The lowest BCUT2D eigenvalue weighted by Gasteiger charge is -2.33. The van der Waals surface area contributed by atoms with Crippen LogP contribution in [0.15, 0.2) is 18.2 Å². The summed E-state index contributed by atoms with van der Waals surface area (Å²) >= 11 is 0. The lowest BCUT2D eigenvalue weighted by molar-refractivity contribution is 0.0635. The Hall–Kier alpha value is -1.75. The summed E-state index contributed by atoms with van der Waals surface area (Å²) in [6.07, 6.45) is 1.56. The zero-order chi connectivity index (χ0) is 17.5. The molecule has 128 valence electrons. The van der Waals surface area contributed by atoms with Crippen molar-refractivity contribution in [2.24, 2.45) is 5.73 Å². The van der Waals surface area contributed by atoms with Crippen molar-refractivity contribution < 1.29 is 14.3 Å². The van der Waals surface area contributed by atoms with Gasteiger partial charge in [0.15, 0.2) is 0 Å². The summed E-state index contributed by atoms with van der Waals surface area (Å²) in [7, 11) is 1.59. The maximum Gasteiger partial charge on any atom is 0.412 e. The van der Waals surface area contributed by atoms with Gasteiger partial charge < -0.3 is 15.2 Å². The minimum absolute atomic E-state index is 0.148. The smallest absolute Gasteiger partial charge is 0.412 e. The first-order valence-electron chi connectivity index (χ1n) is 7.96. The van der Waals surface area contributed by atoms with Crippen molar-refractivity contribution in [3.63, 3.8) is 0 Å².